The quantitative estimate of drug-likeness (QED) is 0.845. The van der Waals surface area contributed by atoms with Gasteiger partial charge in [0.2, 0.25) is 5.91 Å². The highest BCUT2D eigenvalue weighted by molar-refractivity contribution is 5.85. The van der Waals surface area contributed by atoms with Crippen molar-refractivity contribution in [2.75, 3.05) is 6.61 Å². The molecule has 1 aliphatic carbocycles. The van der Waals surface area contributed by atoms with Gasteiger partial charge in [0.05, 0.1) is 6.61 Å². The molecular formula is C17H27ClN2O2. The minimum Gasteiger partial charge on any atom is -0.377 e. The van der Waals surface area contributed by atoms with E-state index in [2.05, 4.69) is 5.32 Å². The maximum atomic E-state index is 12.1. The average Bonchev–Trinajstić information content (AvgIpc) is 2.51. The molecule has 1 amide bonds. The maximum absolute atomic E-state index is 12.1. The number of benzene rings is 1. The van der Waals surface area contributed by atoms with E-state index in [0.29, 0.717) is 13.2 Å². The first-order chi connectivity index (χ1) is 10.2. The number of hydrogen-bond donors (Lipinski definition) is 2. The fraction of sp³-hybridized carbons (Fsp3) is 0.588. The van der Waals surface area contributed by atoms with Gasteiger partial charge in [-0.05, 0) is 37.3 Å². The summed E-state index contributed by atoms with van der Waals surface area (Å²) in [5.74, 6) is 0.231. The molecule has 3 N–H and O–H groups in total. The Balaban J connectivity index is 0.00000242. The Morgan fingerprint density at radius 1 is 1.27 bits per heavy atom. The number of carbonyl (C=O) groups excluding carboxylic acids is 1. The van der Waals surface area contributed by atoms with Gasteiger partial charge in [0.1, 0.15) is 0 Å². The summed E-state index contributed by atoms with van der Waals surface area (Å²) < 4.78 is 5.37. The molecule has 2 atom stereocenters. The topological polar surface area (TPSA) is 64.3 Å². The van der Waals surface area contributed by atoms with Crippen molar-refractivity contribution >= 4 is 18.3 Å². The van der Waals surface area contributed by atoms with Crippen molar-refractivity contribution in [2.45, 2.75) is 51.8 Å². The Labute approximate surface area is 139 Å². The molecule has 1 aromatic rings. The van der Waals surface area contributed by atoms with Gasteiger partial charge < -0.3 is 15.8 Å². The third kappa shape index (κ3) is 5.95. The summed E-state index contributed by atoms with van der Waals surface area (Å²) in [7, 11) is 0. The molecule has 1 fully saturated rings. The number of carbonyl (C=O) groups is 1. The molecule has 0 aliphatic heterocycles. The lowest BCUT2D eigenvalue weighted by atomic mass is 9.85. The Hall–Kier alpha value is -1.10. The number of halogens is 1. The highest BCUT2D eigenvalue weighted by Crippen LogP contribution is 2.23. The molecule has 22 heavy (non-hydrogen) atoms. The zero-order chi connectivity index (χ0) is 15.1. The van der Waals surface area contributed by atoms with Crippen LogP contribution in [0.25, 0.3) is 0 Å². The third-order valence-electron chi connectivity index (χ3n) is 4.05. The van der Waals surface area contributed by atoms with E-state index in [9.17, 15) is 4.79 Å². The average molecular weight is 327 g/mol. The standard InChI is InChI=1S/C17H26N2O2.ClH/c1-2-21-12-14-8-6-13(7-9-14)11-19-17(20)15-4-3-5-16(18)10-15;/h6-9,15-16H,2-5,10-12,18H2,1H3,(H,19,20);1H. The summed E-state index contributed by atoms with van der Waals surface area (Å²) in [5, 5.41) is 3.03. The fourth-order valence-electron chi connectivity index (χ4n) is 2.77. The number of nitrogens with one attached hydrogen (secondary N) is 1. The second-order valence-electron chi connectivity index (χ2n) is 5.80. The molecule has 4 nitrogen and oxygen atoms in total. The van der Waals surface area contributed by atoms with Crippen LogP contribution in [-0.2, 0) is 22.7 Å². The number of hydrogen-bond acceptors (Lipinski definition) is 3. The minimum atomic E-state index is 0. The Morgan fingerprint density at radius 3 is 2.59 bits per heavy atom. The number of ether oxygens (including phenoxy) is 1. The molecule has 0 heterocycles. The van der Waals surface area contributed by atoms with Crippen LogP contribution in [0.2, 0.25) is 0 Å². The van der Waals surface area contributed by atoms with Crippen LogP contribution in [0.15, 0.2) is 24.3 Å². The van der Waals surface area contributed by atoms with Crippen molar-refractivity contribution in [3.63, 3.8) is 0 Å². The molecule has 0 spiro atoms. The Morgan fingerprint density at radius 2 is 1.95 bits per heavy atom. The van der Waals surface area contributed by atoms with E-state index in [1.807, 2.05) is 31.2 Å². The van der Waals surface area contributed by atoms with Crippen LogP contribution in [0.5, 0.6) is 0 Å². The number of rotatable bonds is 6. The smallest absolute Gasteiger partial charge is 0.223 e. The summed E-state index contributed by atoms with van der Waals surface area (Å²) in [6.45, 7) is 3.94. The lowest BCUT2D eigenvalue weighted by Gasteiger charge is -2.25. The zero-order valence-corrected chi connectivity index (χ0v) is 14.0. The van der Waals surface area contributed by atoms with Gasteiger partial charge in [-0.15, -0.1) is 12.4 Å². The molecule has 0 radical (unpaired) electrons. The van der Waals surface area contributed by atoms with E-state index in [-0.39, 0.29) is 30.3 Å². The van der Waals surface area contributed by atoms with E-state index in [0.717, 1.165) is 43.4 Å². The third-order valence-corrected chi connectivity index (χ3v) is 4.05. The summed E-state index contributed by atoms with van der Waals surface area (Å²) in [4.78, 5) is 12.1. The summed E-state index contributed by atoms with van der Waals surface area (Å²) >= 11 is 0. The van der Waals surface area contributed by atoms with Gasteiger partial charge in [-0.1, -0.05) is 30.7 Å². The Kier molecular flexibility index (Phi) is 8.46. The summed E-state index contributed by atoms with van der Waals surface area (Å²) in [6.07, 6.45) is 3.89. The van der Waals surface area contributed by atoms with Crippen LogP contribution in [0.1, 0.15) is 43.7 Å². The Bertz CT molecular complexity index is 450. The monoisotopic (exact) mass is 326 g/mol. The second kappa shape index (κ2) is 9.82. The molecule has 0 saturated heterocycles. The number of nitrogens with two attached hydrogens (primary N) is 1. The van der Waals surface area contributed by atoms with E-state index in [1.165, 1.54) is 0 Å². The summed E-state index contributed by atoms with van der Waals surface area (Å²) in [6, 6.07) is 8.37. The normalized spacial score (nSPS) is 21.0. The predicted octanol–water partition coefficient (Wildman–Crippen LogP) is 2.78. The van der Waals surface area contributed by atoms with Crippen molar-refractivity contribution in [3.8, 4) is 0 Å². The van der Waals surface area contributed by atoms with E-state index in [4.69, 9.17) is 10.5 Å². The molecular weight excluding hydrogens is 300 g/mol. The lowest BCUT2D eigenvalue weighted by Crippen LogP contribution is -2.37. The predicted molar refractivity (Wildman–Crippen MR) is 90.8 cm³/mol. The van der Waals surface area contributed by atoms with Crippen molar-refractivity contribution in [1.29, 1.82) is 0 Å². The van der Waals surface area contributed by atoms with Gasteiger partial charge in [0.15, 0.2) is 0 Å². The van der Waals surface area contributed by atoms with E-state index >= 15 is 0 Å². The first kappa shape index (κ1) is 18.9. The summed E-state index contributed by atoms with van der Waals surface area (Å²) in [5.41, 5.74) is 8.21. The van der Waals surface area contributed by atoms with E-state index in [1.54, 1.807) is 0 Å². The van der Waals surface area contributed by atoms with Gasteiger partial charge in [-0.2, -0.15) is 0 Å². The van der Waals surface area contributed by atoms with Crippen LogP contribution in [-0.4, -0.2) is 18.6 Å². The molecule has 124 valence electrons. The molecule has 2 rings (SSSR count). The van der Waals surface area contributed by atoms with Gasteiger partial charge in [-0.3, -0.25) is 4.79 Å². The lowest BCUT2D eigenvalue weighted by molar-refractivity contribution is -0.126. The fourth-order valence-corrected chi connectivity index (χ4v) is 2.77. The van der Waals surface area contributed by atoms with Gasteiger partial charge in [-0.25, -0.2) is 0 Å². The molecule has 0 bridgehead atoms. The SMILES string of the molecule is CCOCc1ccc(CNC(=O)C2CCCC(N)C2)cc1.Cl. The molecule has 1 aromatic carbocycles. The van der Waals surface area contributed by atoms with Crippen LogP contribution >= 0.6 is 12.4 Å². The van der Waals surface area contributed by atoms with Crippen LogP contribution in [0.3, 0.4) is 0 Å². The molecule has 1 aliphatic rings. The van der Waals surface area contributed by atoms with Crippen molar-refractivity contribution < 1.29 is 9.53 Å². The highest BCUT2D eigenvalue weighted by atomic mass is 35.5. The molecule has 0 aromatic heterocycles. The molecule has 1 saturated carbocycles. The zero-order valence-electron chi connectivity index (χ0n) is 13.2. The van der Waals surface area contributed by atoms with E-state index < -0.39 is 0 Å². The largest absolute Gasteiger partial charge is 0.377 e. The second-order valence-corrected chi connectivity index (χ2v) is 5.80. The van der Waals surface area contributed by atoms with Crippen molar-refractivity contribution in [3.05, 3.63) is 35.4 Å². The van der Waals surface area contributed by atoms with Gasteiger partial charge in [0, 0.05) is 25.1 Å². The van der Waals surface area contributed by atoms with Gasteiger partial charge >= 0.3 is 0 Å². The van der Waals surface area contributed by atoms with Gasteiger partial charge in [0.25, 0.3) is 0 Å². The maximum Gasteiger partial charge on any atom is 0.223 e. The molecule has 2 unspecified atom stereocenters. The first-order valence-corrected chi connectivity index (χ1v) is 7.88. The minimum absolute atomic E-state index is 0. The van der Waals surface area contributed by atoms with Crippen LogP contribution in [0, 0.1) is 5.92 Å². The first-order valence-electron chi connectivity index (χ1n) is 7.88. The molecule has 5 heteroatoms. The van der Waals surface area contributed by atoms with Crippen molar-refractivity contribution in [1.82, 2.24) is 5.32 Å². The van der Waals surface area contributed by atoms with Crippen molar-refractivity contribution in [2.24, 2.45) is 11.7 Å². The highest BCUT2D eigenvalue weighted by Gasteiger charge is 2.24. The number of amides is 1. The van der Waals surface area contributed by atoms with Crippen LogP contribution in [0.4, 0.5) is 0 Å². The van der Waals surface area contributed by atoms with Crippen LogP contribution < -0.4 is 11.1 Å².